The molecule has 2 aromatic rings. The van der Waals surface area contributed by atoms with Crippen LogP contribution in [0.25, 0.3) is 10.6 Å². The van der Waals surface area contributed by atoms with Gasteiger partial charge in [-0.15, -0.1) is 46.8 Å². The summed E-state index contributed by atoms with van der Waals surface area (Å²) < 4.78 is 1.20. The Kier molecular flexibility index (Phi) is 5.71. The van der Waals surface area contributed by atoms with Gasteiger partial charge >= 0.3 is 0 Å². The number of nitrogen functional groups attached to an aromatic ring is 1. The van der Waals surface area contributed by atoms with Gasteiger partial charge in [-0.05, 0) is 25.2 Å². The Morgan fingerprint density at radius 2 is 2.14 bits per heavy atom. The van der Waals surface area contributed by atoms with Crippen LogP contribution in [-0.4, -0.2) is 17.1 Å². The zero-order valence-electron chi connectivity index (χ0n) is 11.7. The predicted octanol–water partition coefficient (Wildman–Crippen LogP) is 4.96. The van der Waals surface area contributed by atoms with Crippen LogP contribution in [0.5, 0.6) is 0 Å². The number of nitrogens with two attached hydrogens (primary N) is 1. The van der Waals surface area contributed by atoms with Gasteiger partial charge in [-0.2, -0.15) is 0 Å². The molecule has 114 valence electrons. The highest BCUT2D eigenvalue weighted by atomic mass is 35.5. The van der Waals surface area contributed by atoms with Gasteiger partial charge in [0.1, 0.15) is 10.8 Å². The highest BCUT2D eigenvalue weighted by Gasteiger charge is 2.21. The van der Waals surface area contributed by atoms with Gasteiger partial charge < -0.3 is 5.73 Å². The summed E-state index contributed by atoms with van der Waals surface area (Å²) in [6, 6.07) is 2.01. The number of amidine groups is 1. The highest BCUT2D eigenvalue weighted by Crippen LogP contribution is 2.41. The molecule has 3 N–H and O–H groups in total. The van der Waals surface area contributed by atoms with E-state index in [4.69, 9.17) is 16.1 Å². The Morgan fingerprint density at radius 1 is 1.43 bits per heavy atom. The topological polar surface area (TPSA) is 62.8 Å². The molecule has 0 aromatic carbocycles. The summed E-state index contributed by atoms with van der Waals surface area (Å²) in [5.41, 5.74) is 8.00. The lowest BCUT2D eigenvalue weighted by atomic mass is 10.1. The van der Waals surface area contributed by atoms with Crippen molar-refractivity contribution in [2.24, 2.45) is 5.73 Å². The third kappa shape index (κ3) is 3.44. The maximum atomic E-state index is 7.59. The van der Waals surface area contributed by atoms with Crippen LogP contribution in [0.15, 0.2) is 15.7 Å². The van der Waals surface area contributed by atoms with Crippen LogP contribution in [0.1, 0.15) is 42.2 Å². The van der Waals surface area contributed by atoms with E-state index in [-0.39, 0.29) is 18.2 Å². The van der Waals surface area contributed by atoms with Crippen molar-refractivity contribution in [3.63, 3.8) is 0 Å². The number of nitrogens with one attached hydrogen (secondary N) is 1. The zero-order chi connectivity index (χ0) is 14.1. The molecular weight excluding hydrogens is 342 g/mol. The zero-order valence-corrected chi connectivity index (χ0v) is 15.0. The lowest BCUT2D eigenvalue weighted by molar-refractivity contribution is 0.703. The Hall–Kier alpha value is -0.560. The van der Waals surface area contributed by atoms with E-state index in [1.807, 2.05) is 6.07 Å². The van der Waals surface area contributed by atoms with E-state index in [0.29, 0.717) is 5.92 Å². The highest BCUT2D eigenvalue weighted by molar-refractivity contribution is 8.00. The maximum Gasteiger partial charge on any atom is 0.133 e. The molecule has 3 rings (SSSR count). The third-order valence-electron chi connectivity index (χ3n) is 3.67. The molecule has 7 heteroatoms. The Bertz CT molecular complexity index is 629. The third-order valence-corrected chi connectivity index (χ3v) is 6.87. The first-order valence-corrected chi connectivity index (χ1v) is 9.59. The van der Waals surface area contributed by atoms with Crippen molar-refractivity contribution in [1.29, 1.82) is 5.41 Å². The van der Waals surface area contributed by atoms with Gasteiger partial charge in [-0.1, -0.05) is 12.8 Å². The van der Waals surface area contributed by atoms with Crippen LogP contribution >= 0.6 is 46.8 Å². The van der Waals surface area contributed by atoms with Gasteiger partial charge in [-0.3, -0.25) is 5.41 Å². The number of thiazole rings is 1. The molecule has 1 aliphatic carbocycles. The number of thioether (sulfide) groups is 1. The average molecular weight is 360 g/mol. The van der Waals surface area contributed by atoms with Crippen LogP contribution in [0, 0.1) is 5.41 Å². The minimum Gasteiger partial charge on any atom is -0.383 e. The van der Waals surface area contributed by atoms with Gasteiger partial charge in [0.15, 0.2) is 0 Å². The Labute approximate surface area is 143 Å². The molecule has 0 spiro atoms. The SMILES string of the molecule is CSc1sc(C(=N)N)cc1-c1nc(C2CCCC2)cs1.Cl. The van der Waals surface area contributed by atoms with Gasteiger partial charge in [-0.25, -0.2) is 4.98 Å². The number of halogens is 1. The molecule has 1 aliphatic rings. The number of hydrogen-bond acceptors (Lipinski definition) is 5. The molecule has 0 atom stereocenters. The van der Waals surface area contributed by atoms with E-state index in [0.717, 1.165) is 15.4 Å². The first-order chi connectivity index (χ1) is 9.69. The number of rotatable bonds is 4. The number of hydrogen-bond donors (Lipinski definition) is 2. The summed E-state index contributed by atoms with van der Waals surface area (Å²) in [5.74, 6) is 0.799. The summed E-state index contributed by atoms with van der Waals surface area (Å²) in [6.07, 6.45) is 7.29. The molecule has 0 unspecified atom stereocenters. The lowest BCUT2D eigenvalue weighted by Gasteiger charge is -2.03. The molecule has 0 aliphatic heterocycles. The summed E-state index contributed by atoms with van der Waals surface area (Å²) >= 11 is 5.00. The Morgan fingerprint density at radius 3 is 2.76 bits per heavy atom. The normalized spacial score (nSPS) is 15.1. The maximum absolute atomic E-state index is 7.59. The molecule has 1 fully saturated rings. The van der Waals surface area contributed by atoms with E-state index >= 15 is 0 Å². The van der Waals surface area contributed by atoms with E-state index in [9.17, 15) is 0 Å². The van der Waals surface area contributed by atoms with Crippen LogP contribution in [0.4, 0.5) is 0 Å². The summed E-state index contributed by atoms with van der Waals surface area (Å²) in [4.78, 5) is 5.68. The van der Waals surface area contributed by atoms with E-state index in [1.54, 1.807) is 34.4 Å². The molecule has 2 aromatic heterocycles. The van der Waals surface area contributed by atoms with Crippen molar-refractivity contribution < 1.29 is 0 Å². The van der Waals surface area contributed by atoms with Gasteiger partial charge in [0.05, 0.1) is 14.8 Å². The standard InChI is InChI=1S/C14H17N3S3.ClH/c1-18-14-9(6-11(20-14)12(15)16)13-17-10(7-19-13)8-4-2-3-5-8;/h6-8H,2-5H2,1H3,(H3,15,16);1H. The van der Waals surface area contributed by atoms with E-state index < -0.39 is 0 Å². The molecule has 0 radical (unpaired) electrons. The van der Waals surface area contributed by atoms with Crippen molar-refractivity contribution in [2.45, 2.75) is 35.8 Å². The molecule has 21 heavy (non-hydrogen) atoms. The molecular formula is C14H18ClN3S3. The quantitative estimate of drug-likeness (QED) is 0.461. The molecule has 0 saturated heterocycles. The molecule has 0 bridgehead atoms. The number of nitrogens with zero attached hydrogens (tertiary/aromatic N) is 1. The largest absolute Gasteiger partial charge is 0.383 e. The summed E-state index contributed by atoms with van der Waals surface area (Å²) in [7, 11) is 0. The smallest absolute Gasteiger partial charge is 0.133 e. The molecule has 3 nitrogen and oxygen atoms in total. The molecule has 1 saturated carbocycles. The van der Waals surface area contributed by atoms with Crippen LogP contribution in [0.2, 0.25) is 0 Å². The fourth-order valence-electron chi connectivity index (χ4n) is 2.63. The fraction of sp³-hybridized carbons (Fsp3) is 0.429. The minimum absolute atomic E-state index is 0. The van der Waals surface area contributed by atoms with E-state index in [2.05, 4.69) is 11.6 Å². The summed E-state index contributed by atoms with van der Waals surface area (Å²) in [5, 5.41) is 10.9. The summed E-state index contributed by atoms with van der Waals surface area (Å²) in [6.45, 7) is 0. The van der Waals surface area contributed by atoms with E-state index in [1.165, 1.54) is 35.6 Å². The predicted molar refractivity (Wildman–Crippen MR) is 96.7 cm³/mol. The first-order valence-electron chi connectivity index (χ1n) is 6.67. The minimum atomic E-state index is 0. The van der Waals surface area contributed by atoms with Crippen molar-refractivity contribution in [2.75, 3.05) is 6.26 Å². The molecule has 0 amide bonds. The average Bonchev–Trinajstić information content (AvgIpc) is 3.17. The Balaban J connectivity index is 0.00000161. The number of thiophene rings is 1. The first kappa shape index (κ1) is 16.8. The van der Waals surface area contributed by atoms with Gasteiger partial charge in [0, 0.05) is 16.9 Å². The second kappa shape index (κ2) is 7.13. The second-order valence-electron chi connectivity index (χ2n) is 4.99. The fourth-order valence-corrected chi connectivity index (χ4v) is 5.41. The van der Waals surface area contributed by atoms with Crippen LogP contribution in [-0.2, 0) is 0 Å². The van der Waals surface area contributed by atoms with Crippen molar-refractivity contribution >= 4 is 52.7 Å². The van der Waals surface area contributed by atoms with Crippen molar-refractivity contribution in [1.82, 2.24) is 4.98 Å². The van der Waals surface area contributed by atoms with Gasteiger partial charge in [0.2, 0.25) is 0 Å². The van der Waals surface area contributed by atoms with Gasteiger partial charge in [0.25, 0.3) is 0 Å². The second-order valence-corrected chi connectivity index (χ2v) is 7.97. The van der Waals surface area contributed by atoms with Crippen molar-refractivity contribution in [3.05, 3.63) is 22.0 Å². The lowest BCUT2D eigenvalue weighted by Crippen LogP contribution is -2.08. The van der Waals surface area contributed by atoms with Crippen LogP contribution in [0.3, 0.4) is 0 Å². The van der Waals surface area contributed by atoms with Crippen molar-refractivity contribution in [3.8, 4) is 10.6 Å². The monoisotopic (exact) mass is 359 g/mol. The van der Waals surface area contributed by atoms with Crippen LogP contribution < -0.4 is 5.73 Å². The molecule has 2 heterocycles. The number of aromatic nitrogens is 1.